The third-order valence-corrected chi connectivity index (χ3v) is 4.33. The van der Waals surface area contributed by atoms with Crippen LogP contribution in [0.25, 0.3) is 0 Å². The molecule has 0 aromatic rings. The van der Waals surface area contributed by atoms with Crippen molar-refractivity contribution >= 4 is 11.8 Å². The van der Waals surface area contributed by atoms with Gasteiger partial charge in [-0.15, -0.1) is 11.8 Å². The van der Waals surface area contributed by atoms with Crippen LogP contribution >= 0.6 is 11.8 Å². The second-order valence-corrected chi connectivity index (χ2v) is 5.49. The molecule has 1 aliphatic rings. The normalized spacial score (nSPS) is 43.9. The molecule has 14 heavy (non-hydrogen) atoms. The van der Waals surface area contributed by atoms with Gasteiger partial charge in [-0.05, 0) is 24.0 Å². The third kappa shape index (κ3) is 2.44. The van der Waals surface area contributed by atoms with Crippen LogP contribution in [-0.4, -0.2) is 28.5 Å². The van der Waals surface area contributed by atoms with Gasteiger partial charge < -0.3 is 9.84 Å². The maximum atomic E-state index is 10.0. The Morgan fingerprint density at radius 2 is 1.86 bits per heavy atom. The average molecular weight is 218 g/mol. The van der Waals surface area contributed by atoms with Crippen molar-refractivity contribution in [1.82, 2.24) is 0 Å². The number of aliphatic hydroxyl groups excluding tert-OH is 1. The molecule has 0 bridgehead atoms. The van der Waals surface area contributed by atoms with Crippen LogP contribution in [0.1, 0.15) is 34.1 Å². The van der Waals surface area contributed by atoms with Gasteiger partial charge in [-0.25, -0.2) is 0 Å². The summed E-state index contributed by atoms with van der Waals surface area (Å²) < 4.78 is 5.88. The van der Waals surface area contributed by atoms with Crippen molar-refractivity contribution in [2.75, 3.05) is 5.75 Å². The lowest BCUT2D eigenvalue weighted by atomic mass is 9.83. The molecule has 0 aromatic heterocycles. The molecule has 0 spiro atoms. The van der Waals surface area contributed by atoms with E-state index in [9.17, 15) is 5.11 Å². The number of aliphatic hydroxyl groups is 1. The highest BCUT2D eigenvalue weighted by atomic mass is 32.2. The van der Waals surface area contributed by atoms with E-state index in [-0.39, 0.29) is 11.5 Å². The Labute approximate surface area is 91.4 Å². The van der Waals surface area contributed by atoms with Crippen molar-refractivity contribution in [2.45, 2.75) is 51.8 Å². The lowest BCUT2D eigenvalue weighted by Crippen LogP contribution is -2.47. The fourth-order valence-electron chi connectivity index (χ4n) is 2.04. The van der Waals surface area contributed by atoms with Crippen LogP contribution in [0.5, 0.6) is 0 Å². The van der Waals surface area contributed by atoms with Crippen LogP contribution < -0.4 is 0 Å². The lowest BCUT2D eigenvalue weighted by Gasteiger charge is -2.42. The second-order valence-electron chi connectivity index (χ2n) is 4.12. The van der Waals surface area contributed by atoms with E-state index in [0.29, 0.717) is 17.9 Å². The minimum Gasteiger partial charge on any atom is -0.389 e. The highest BCUT2D eigenvalue weighted by Gasteiger charge is 2.39. The zero-order chi connectivity index (χ0) is 10.7. The minimum atomic E-state index is -0.308. The SMILES string of the molecule is CCS[C@H]1OC(CC)[C@@H](C)[C@H](C)C1O. The first-order valence-electron chi connectivity index (χ1n) is 5.56. The second kappa shape index (κ2) is 5.38. The van der Waals surface area contributed by atoms with Gasteiger partial charge in [0.15, 0.2) is 0 Å². The first-order chi connectivity index (χ1) is 6.61. The Morgan fingerprint density at radius 3 is 2.36 bits per heavy atom. The van der Waals surface area contributed by atoms with E-state index < -0.39 is 0 Å². The van der Waals surface area contributed by atoms with Crippen molar-refractivity contribution in [1.29, 1.82) is 0 Å². The van der Waals surface area contributed by atoms with E-state index in [1.807, 2.05) is 0 Å². The predicted octanol–water partition coefficient (Wildman–Crippen LogP) is 2.51. The lowest BCUT2D eigenvalue weighted by molar-refractivity contribution is -0.133. The average Bonchev–Trinajstić information content (AvgIpc) is 2.19. The Bertz CT molecular complexity index is 171. The van der Waals surface area contributed by atoms with Gasteiger partial charge in [0.2, 0.25) is 0 Å². The smallest absolute Gasteiger partial charge is 0.129 e. The summed E-state index contributed by atoms with van der Waals surface area (Å²) in [7, 11) is 0. The van der Waals surface area contributed by atoms with Crippen LogP contribution in [0.3, 0.4) is 0 Å². The number of rotatable bonds is 3. The zero-order valence-electron chi connectivity index (χ0n) is 9.56. The van der Waals surface area contributed by atoms with E-state index in [0.717, 1.165) is 12.2 Å². The van der Waals surface area contributed by atoms with E-state index in [1.165, 1.54) is 0 Å². The van der Waals surface area contributed by atoms with Gasteiger partial charge in [0, 0.05) is 0 Å². The van der Waals surface area contributed by atoms with Crippen LogP contribution in [0, 0.1) is 11.8 Å². The number of ether oxygens (including phenoxy) is 1. The van der Waals surface area contributed by atoms with Gasteiger partial charge in [0.05, 0.1) is 12.2 Å². The Morgan fingerprint density at radius 1 is 1.21 bits per heavy atom. The van der Waals surface area contributed by atoms with Crippen LogP contribution in [-0.2, 0) is 4.74 Å². The monoisotopic (exact) mass is 218 g/mol. The number of thioether (sulfide) groups is 1. The van der Waals surface area contributed by atoms with Crippen molar-refractivity contribution in [3.05, 3.63) is 0 Å². The Hall–Kier alpha value is 0.270. The molecule has 0 radical (unpaired) electrons. The molecule has 2 unspecified atom stereocenters. The topological polar surface area (TPSA) is 29.5 Å². The molecule has 2 nitrogen and oxygen atoms in total. The molecule has 0 aromatic carbocycles. The standard InChI is InChI=1S/C11H22O2S/c1-5-9-7(3)8(4)10(12)11(13-9)14-6-2/h7-12H,5-6H2,1-4H3/t7-,8-,9?,10?,11+/m0/s1. The molecule has 1 rings (SSSR count). The molecule has 5 atom stereocenters. The summed E-state index contributed by atoms with van der Waals surface area (Å²) in [6.07, 6.45) is 1.05. The molecule has 1 saturated heterocycles. The maximum Gasteiger partial charge on any atom is 0.129 e. The summed E-state index contributed by atoms with van der Waals surface area (Å²) in [4.78, 5) is 0. The molecule has 1 N–H and O–H groups in total. The first-order valence-corrected chi connectivity index (χ1v) is 6.61. The van der Waals surface area contributed by atoms with Gasteiger partial charge >= 0.3 is 0 Å². The first kappa shape index (κ1) is 12.3. The van der Waals surface area contributed by atoms with E-state index in [4.69, 9.17) is 4.74 Å². The molecule has 3 heteroatoms. The van der Waals surface area contributed by atoms with Crippen LogP contribution in [0.4, 0.5) is 0 Å². The molecule has 84 valence electrons. The molecule has 0 aliphatic carbocycles. The third-order valence-electron chi connectivity index (χ3n) is 3.28. The predicted molar refractivity (Wildman–Crippen MR) is 61.4 cm³/mol. The molecule has 1 fully saturated rings. The molecular weight excluding hydrogens is 196 g/mol. The van der Waals surface area contributed by atoms with Crippen molar-refractivity contribution in [3.63, 3.8) is 0 Å². The van der Waals surface area contributed by atoms with E-state index in [2.05, 4.69) is 27.7 Å². The Balaban J connectivity index is 2.63. The highest BCUT2D eigenvalue weighted by molar-refractivity contribution is 7.99. The quantitative estimate of drug-likeness (QED) is 0.789. The summed E-state index contributed by atoms with van der Waals surface area (Å²) in [5.41, 5.74) is -0.0175. The van der Waals surface area contributed by atoms with Crippen molar-refractivity contribution in [3.8, 4) is 0 Å². The molecule has 1 aliphatic heterocycles. The van der Waals surface area contributed by atoms with Gasteiger partial charge in [0.25, 0.3) is 0 Å². The summed E-state index contributed by atoms with van der Waals surface area (Å²) in [5.74, 6) is 1.81. The number of hydrogen-bond acceptors (Lipinski definition) is 3. The molecule has 0 amide bonds. The zero-order valence-corrected chi connectivity index (χ0v) is 10.4. The molecular formula is C11H22O2S. The van der Waals surface area contributed by atoms with Gasteiger partial charge in [-0.2, -0.15) is 0 Å². The Kier molecular flexibility index (Phi) is 4.74. The molecule has 1 heterocycles. The van der Waals surface area contributed by atoms with Gasteiger partial charge in [-0.3, -0.25) is 0 Å². The highest BCUT2D eigenvalue weighted by Crippen LogP contribution is 2.36. The number of hydrogen-bond donors (Lipinski definition) is 1. The molecule has 0 saturated carbocycles. The fourth-order valence-corrected chi connectivity index (χ4v) is 3.04. The summed E-state index contributed by atoms with van der Waals surface area (Å²) in [5, 5.41) is 10.0. The summed E-state index contributed by atoms with van der Waals surface area (Å²) in [6.45, 7) is 8.56. The van der Waals surface area contributed by atoms with Crippen molar-refractivity contribution < 1.29 is 9.84 Å². The van der Waals surface area contributed by atoms with Gasteiger partial charge in [-0.1, -0.05) is 27.7 Å². The fraction of sp³-hybridized carbons (Fsp3) is 1.00. The van der Waals surface area contributed by atoms with Crippen molar-refractivity contribution in [2.24, 2.45) is 11.8 Å². The van der Waals surface area contributed by atoms with E-state index in [1.54, 1.807) is 11.8 Å². The summed E-state index contributed by atoms with van der Waals surface area (Å²) >= 11 is 1.71. The van der Waals surface area contributed by atoms with Crippen LogP contribution in [0.15, 0.2) is 0 Å². The van der Waals surface area contributed by atoms with Gasteiger partial charge in [0.1, 0.15) is 5.44 Å². The largest absolute Gasteiger partial charge is 0.389 e. The van der Waals surface area contributed by atoms with E-state index >= 15 is 0 Å². The minimum absolute atomic E-state index is 0.0175. The summed E-state index contributed by atoms with van der Waals surface area (Å²) in [6, 6.07) is 0. The maximum absolute atomic E-state index is 10.0. The van der Waals surface area contributed by atoms with Crippen LogP contribution in [0.2, 0.25) is 0 Å².